The molecule has 114 valence electrons. The van der Waals surface area contributed by atoms with Crippen molar-refractivity contribution < 1.29 is 0 Å². The van der Waals surface area contributed by atoms with Gasteiger partial charge < -0.3 is 5.73 Å². The number of hydrogen-bond donors (Lipinski definition) is 1. The summed E-state index contributed by atoms with van der Waals surface area (Å²) in [5.74, 6) is 0. The van der Waals surface area contributed by atoms with Crippen LogP contribution in [-0.2, 0) is 0 Å². The lowest BCUT2D eigenvalue weighted by Crippen LogP contribution is -2.20. The summed E-state index contributed by atoms with van der Waals surface area (Å²) in [6.07, 6.45) is 7.84. The Morgan fingerprint density at radius 3 is 2.52 bits per heavy atom. The quantitative estimate of drug-likeness (QED) is 0.747. The van der Waals surface area contributed by atoms with Crippen LogP contribution in [-0.4, -0.2) is 27.8 Å². The van der Waals surface area contributed by atoms with Crippen molar-refractivity contribution in [2.45, 2.75) is 0 Å². The normalized spacial score (nSPS) is 12.1. The lowest BCUT2D eigenvalue weighted by Gasteiger charge is -2.11. The van der Waals surface area contributed by atoms with Crippen molar-refractivity contribution >= 4 is 22.8 Å². The Balaban J connectivity index is 2.40. The minimum Gasteiger partial charge on any atom is -0.404 e. The fraction of sp³-hybridized carbons (Fsp3) is 0.0588. The van der Waals surface area contributed by atoms with E-state index >= 15 is 0 Å². The standard InChI is InChI=1S/C17H15N5O/c1-19-10-12(9-18)14-11-22(13-5-3-2-4-6-13)17(23)16-15(14)20-7-8-21-16/h2-11H,18H2,1H3. The highest BCUT2D eigenvalue weighted by molar-refractivity contribution is 6.13. The summed E-state index contributed by atoms with van der Waals surface area (Å²) in [6.45, 7) is 0. The first-order valence-electron chi connectivity index (χ1n) is 7.02. The maximum Gasteiger partial charge on any atom is 0.283 e. The molecule has 0 atom stereocenters. The lowest BCUT2D eigenvalue weighted by molar-refractivity contribution is 0.992. The Morgan fingerprint density at radius 1 is 1.17 bits per heavy atom. The Kier molecular flexibility index (Phi) is 3.97. The second kappa shape index (κ2) is 6.23. The molecule has 1 aromatic carbocycles. The Morgan fingerprint density at radius 2 is 1.87 bits per heavy atom. The summed E-state index contributed by atoms with van der Waals surface area (Å²) < 4.78 is 1.54. The van der Waals surface area contributed by atoms with Gasteiger partial charge in [0.1, 0.15) is 5.52 Å². The van der Waals surface area contributed by atoms with Crippen LogP contribution >= 0.6 is 0 Å². The topological polar surface area (TPSA) is 86.2 Å². The molecule has 2 N–H and O–H groups in total. The van der Waals surface area contributed by atoms with Crippen molar-refractivity contribution in [2.75, 3.05) is 7.05 Å². The van der Waals surface area contributed by atoms with Crippen LogP contribution in [0.3, 0.4) is 0 Å². The zero-order valence-electron chi connectivity index (χ0n) is 12.5. The van der Waals surface area contributed by atoms with Gasteiger partial charge in [0.15, 0.2) is 5.52 Å². The van der Waals surface area contributed by atoms with Crippen LogP contribution in [0.2, 0.25) is 0 Å². The lowest BCUT2D eigenvalue weighted by atomic mass is 10.1. The van der Waals surface area contributed by atoms with Crippen LogP contribution in [0.15, 0.2) is 64.9 Å². The molecule has 23 heavy (non-hydrogen) atoms. The first kappa shape index (κ1) is 14.6. The minimum atomic E-state index is -0.229. The van der Waals surface area contributed by atoms with E-state index in [2.05, 4.69) is 15.0 Å². The van der Waals surface area contributed by atoms with Gasteiger partial charge in [-0.05, 0) is 12.1 Å². The summed E-state index contributed by atoms with van der Waals surface area (Å²) >= 11 is 0. The van der Waals surface area contributed by atoms with Gasteiger partial charge in [-0.3, -0.25) is 19.3 Å². The molecule has 0 bridgehead atoms. The van der Waals surface area contributed by atoms with Gasteiger partial charge in [-0.15, -0.1) is 0 Å². The molecule has 2 heterocycles. The van der Waals surface area contributed by atoms with E-state index in [1.54, 1.807) is 30.2 Å². The molecule has 3 aromatic rings. The summed E-state index contributed by atoms with van der Waals surface area (Å²) in [5.41, 5.74) is 8.40. The molecule has 0 amide bonds. The van der Waals surface area contributed by atoms with Crippen LogP contribution < -0.4 is 11.3 Å². The van der Waals surface area contributed by atoms with Crippen LogP contribution in [0.25, 0.3) is 22.3 Å². The van der Waals surface area contributed by atoms with Crippen LogP contribution in [0.5, 0.6) is 0 Å². The van der Waals surface area contributed by atoms with Gasteiger partial charge >= 0.3 is 0 Å². The van der Waals surface area contributed by atoms with E-state index in [1.165, 1.54) is 12.4 Å². The van der Waals surface area contributed by atoms with Crippen molar-refractivity contribution in [3.05, 3.63) is 71.0 Å². The number of allylic oxidation sites excluding steroid dienone is 1. The van der Waals surface area contributed by atoms with E-state index in [0.29, 0.717) is 16.7 Å². The maximum atomic E-state index is 12.7. The Labute approximate surface area is 132 Å². The molecule has 0 saturated carbocycles. The molecule has 0 fully saturated rings. The molecule has 0 unspecified atom stereocenters. The third kappa shape index (κ3) is 2.62. The van der Waals surface area contributed by atoms with E-state index in [0.717, 1.165) is 5.69 Å². The average molecular weight is 305 g/mol. The van der Waals surface area contributed by atoms with Crippen molar-refractivity contribution in [3.8, 4) is 5.69 Å². The summed E-state index contributed by atoms with van der Waals surface area (Å²) in [7, 11) is 1.66. The summed E-state index contributed by atoms with van der Waals surface area (Å²) in [6, 6.07) is 9.34. The molecule has 3 rings (SSSR count). The highest BCUT2D eigenvalue weighted by Crippen LogP contribution is 2.20. The number of para-hydroxylation sites is 1. The molecular formula is C17H15N5O. The molecule has 6 heteroatoms. The van der Waals surface area contributed by atoms with E-state index < -0.39 is 0 Å². The monoisotopic (exact) mass is 305 g/mol. The molecule has 6 nitrogen and oxygen atoms in total. The minimum absolute atomic E-state index is 0.229. The van der Waals surface area contributed by atoms with Crippen molar-refractivity contribution in [2.24, 2.45) is 10.7 Å². The van der Waals surface area contributed by atoms with Gasteiger partial charge in [-0.2, -0.15) is 0 Å². The highest BCUT2D eigenvalue weighted by Gasteiger charge is 2.14. The molecule has 0 aliphatic rings. The zero-order valence-corrected chi connectivity index (χ0v) is 12.5. The number of aliphatic imine (C=N–C) groups is 1. The number of aromatic nitrogens is 3. The fourth-order valence-corrected chi connectivity index (χ4v) is 2.39. The van der Waals surface area contributed by atoms with Crippen molar-refractivity contribution in [1.29, 1.82) is 0 Å². The third-order valence-electron chi connectivity index (χ3n) is 3.43. The van der Waals surface area contributed by atoms with Crippen molar-refractivity contribution in [3.63, 3.8) is 0 Å². The first-order valence-corrected chi connectivity index (χ1v) is 7.02. The van der Waals surface area contributed by atoms with Gasteiger partial charge in [-0.25, -0.2) is 4.98 Å². The number of rotatable bonds is 3. The summed E-state index contributed by atoms with van der Waals surface area (Å²) in [5, 5.41) is 0. The second-order valence-corrected chi connectivity index (χ2v) is 4.82. The predicted octanol–water partition coefficient (Wildman–Crippen LogP) is 1.78. The van der Waals surface area contributed by atoms with Gasteiger partial charge in [0, 0.05) is 54.9 Å². The van der Waals surface area contributed by atoms with E-state index in [9.17, 15) is 4.79 Å². The predicted molar refractivity (Wildman–Crippen MR) is 91.7 cm³/mol. The molecule has 0 spiro atoms. The van der Waals surface area contributed by atoms with E-state index in [-0.39, 0.29) is 11.1 Å². The molecular weight excluding hydrogens is 290 g/mol. The highest BCUT2D eigenvalue weighted by atomic mass is 16.1. The molecule has 2 aromatic heterocycles. The smallest absolute Gasteiger partial charge is 0.283 e. The van der Waals surface area contributed by atoms with Crippen LogP contribution in [0, 0.1) is 0 Å². The number of pyridine rings is 1. The van der Waals surface area contributed by atoms with E-state index in [1.807, 2.05) is 30.3 Å². The van der Waals surface area contributed by atoms with E-state index in [4.69, 9.17) is 5.73 Å². The van der Waals surface area contributed by atoms with Gasteiger partial charge in [0.2, 0.25) is 0 Å². The Bertz CT molecular complexity index is 958. The molecule has 0 saturated heterocycles. The van der Waals surface area contributed by atoms with Gasteiger partial charge in [-0.1, -0.05) is 18.2 Å². The van der Waals surface area contributed by atoms with Gasteiger partial charge in [0.05, 0.1) is 0 Å². The van der Waals surface area contributed by atoms with Crippen LogP contribution in [0.1, 0.15) is 5.56 Å². The first-order chi connectivity index (χ1) is 11.3. The average Bonchev–Trinajstić information content (AvgIpc) is 2.61. The van der Waals surface area contributed by atoms with Gasteiger partial charge in [0.25, 0.3) is 5.56 Å². The zero-order chi connectivity index (χ0) is 16.2. The van der Waals surface area contributed by atoms with Crippen LogP contribution in [0.4, 0.5) is 0 Å². The number of nitrogens with zero attached hydrogens (tertiary/aromatic N) is 4. The van der Waals surface area contributed by atoms with Crippen molar-refractivity contribution in [1.82, 2.24) is 14.5 Å². The maximum absolute atomic E-state index is 12.7. The fourth-order valence-electron chi connectivity index (χ4n) is 2.39. The number of fused-ring (bicyclic) bond motifs is 1. The third-order valence-corrected chi connectivity index (χ3v) is 3.43. The SMILES string of the molecule is CN=CC(=CN)c1cn(-c2ccccc2)c(=O)c2nccnc12. The Hall–Kier alpha value is -3.28. The number of nitrogens with two attached hydrogens (primary N) is 1. The largest absolute Gasteiger partial charge is 0.404 e. The molecule has 0 aliphatic heterocycles. The number of hydrogen-bond acceptors (Lipinski definition) is 5. The summed E-state index contributed by atoms with van der Waals surface area (Å²) in [4.78, 5) is 25.2. The molecule has 0 radical (unpaired) electrons. The molecule has 0 aliphatic carbocycles. The second-order valence-electron chi connectivity index (χ2n) is 4.82. The number of benzene rings is 1.